The van der Waals surface area contributed by atoms with E-state index in [1.54, 1.807) is 24.3 Å². The first-order valence-corrected chi connectivity index (χ1v) is 9.84. The van der Waals surface area contributed by atoms with Gasteiger partial charge < -0.3 is 0 Å². The molecule has 0 bridgehead atoms. The lowest BCUT2D eigenvalue weighted by Gasteiger charge is -2.12. The molecule has 0 radical (unpaired) electrons. The fourth-order valence-corrected chi connectivity index (χ4v) is 3.25. The molecule has 152 valence electrons. The zero-order valence-electron chi connectivity index (χ0n) is 16.2. The van der Waals surface area contributed by atoms with Gasteiger partial charge in [0, 0.05) is 16.1 Å². The van der Waals surface area contributed by atoms with Gasteiger partial charge in [0.1, 0.15) is 5.56 Å². The zero-order valence-corrected chi connectivity index (χ0v) is 17.0. The molecule has 3 aromatic carbocycles. The fourth-order valence-electron chi connectivity index (χ4n) is 3.13. The van der Waals surface area contributed by atoms with E-state index in [4.69, 9.17) is 11.6 Å². The number of carbonyl (C=O) groups excluding carboxylic acids is 1. The predicted octanol–water partition coefficient (Wildman–Crippen LogP) is 4.52. The first-order valence-electron chi connectivity index (χ1n) is 9.46. The van der Waals surface area contributed by atoms with Crippen LogP contribution in [0.25, 0.3) is 22.4 Å². The van der Waals surface area contributed by atoms with Gasteiger partial charge in [0.25, 0.3) is 11.5 Å². The van der Waals surface area contributed by atoms with Crippen molar-refractivity contribution in [2.45, 2.75) is 0 Å². The van der Waals surface area contributed by atoms with Crippen molar-refractivity contribution in [3.63, 3.8) is 0 Å². The summed E-state index contributed by atoms with van der Waals surface area (Å²) in [6.45, 7) is 0. The molecule has 0 aliphatic rings. The second-order valence-corrected chi connectivity index (χ2v) is 7.07. The topological polar surface area (TPSA) is 87.2 Å². The van der Waals surface area contributed by atoms with Crippen LogP contribution in [0.4, 0.5) is 0 Å². The molecule has 1 aromatic heterocycles. The minimum absolute atomic E-state index is 0.0618. The van der Waals surface area contributed by atoms with Crippen LogP contribution < -0.4 is 11.0 Å². The maximum absolute atomic E-state index is 13.0. The Bertz CT molecular complexity index is 1280. The number of H-pyrrole nitrogens is 1. The van der Waals surface area contributed by atoms with E-state index in [1.807, 2.05) is 60.7 Å². The highest BCUT2D eigenvalue weighted by Crippen LogP contribution is 2.31. The quantitative estimate of drug-likeness (QED) is 0.362. The van der Waals surface area contributed by atoms with Gasteiger partial charge in [0.15, 0.2) is 0 Å². The SMILES string of the molecule is O=C(N/N=C/c1ccc(Cl)cc1)c1c(-c2ccccc2)c(-c2ccccc2)n[nH]c1=O. The Kier molecular flexibility index (Phi) is 6.01. The van der Waals surface area contributed by atoms with E-state index in [9.17, 15) is 9.59 Å². The summed E-state index contributed by atoms with van der Waals surface area (Å²) in [4.78, 5) is 25.7. The maximum atomic E-state index is 13.0. The van der Waals surface area contributed by atoms with Crippen LogP contribution in [0.5, 0.6) is 0 Å². The lowest BCUT2D eigenvalue weighted by molar-refractivity contribution is 0.0954. The number of nitrogens with zero attached hydrogens (tertiary/aromatic N) is 2. The molecule has 4 rings (SSSR count). The average Bonchev–Trinajstić information content (AvgIpc) is 2.81. The Morgan fingerprint density at radius 2 is 1.52 bits per heavy atom. The van der Waals surface area contributed by atoms with Gasteiger partial charge in [-0.2, -0.15) is 10.2 Å². The summed E-state index contributed by atoms with van der Waals surface area (Å²) in [5.41, 5.74) is 4.94. The van der Waals surface area contributed by atoms with Gasteiger partial charge in [0.05, 0.1) is 11.9 Å². The van der Waals surface area contributed by atoms with Gasteiger partial charge in [-0.15, -0.1) is 0 Å². The van der Waals surface area contributed by atoms with Crippen molar-refractivity contribution in [2.24, 2.45) is 5.10 Å². The second-order valence-electron chi connectivity index (χ2n) is 6.63. The number of nitrogens with one attached hydrogen (secondary N) is 2. The van der Waals surface area contributed by atoms with E-state index in [0.29, 0.717) is 21.8 Å². The van der Waals surface area contributed by atoms with Gasteiger partial charge >= 0.3 is 0 Å². The Hall–Kier alpha value is -4.03. The molecule has 0 spiro atoms. The lowest BCUT2D eigenvalue weighted by Crippen LogP contribution is -2.28. The van der Waals surface area contributed by atoms with Crippen LogP contribution in [0.3, 0.4) is 0 Å². The third-order valence-corrected chi connectivity index (χ3v) is 4.82. The number of aromatic amines is 1. The summed E-state index contributed by atoms with van der Waals surface area (Å²) in [5.74, 6) is -0.634. The Labute approximate surface area is 183 Å². The van der Waals surface area contributed by atoms with Crippen LogP contribution >= 0.6 is 11.6 Å². The molecule has 2 N–H and O–H groups in total. The van der Waals surface area contributed by atoms with Crippen molar-refractivity contribution in [3.05, 3.63) is 111 Å². The number of rotatable bonds is 5. The number of aromatic nitrogens is 2. The zero-order chi connectivity index (χ0) is 21.6. The fraction of sp³-hybridized carbons (Fsp3) is 0. The number of amides is 1. The smallest absolute Gasteiger partial charge is 0.267 e. The number of carbonyl (C=O) groups is 1. The van der Waals surface area contributed by atoms with Crippen molar-refractivity contribution < 1.29 is 4.79 Å². The van der Waals surface area contributed by atoms with Crippen molar-refractivity contribution in [2.75, 3.05) is 0 Å². The number of hydrazone groups is 1. The van der Waals surface area contributed by atoms with Crippen molar-refractivity contribution in [3.8, 4) is 22.4 Å². The molecule has 0 unspecified atom stereocenters. The van der Waals surface area contributed by atoms with Crippen LogP contribution in [0.1, 0.15) is 15.9 Å². The average molecular weight is 429 g/mol. The van der Waals surface area contributed by atoms with E-state index < -0.39 is 11.5 Å². The van der Waals surface area contributed by atoms with Crippen LogP contribution in [0.15, 0.2) is 94.8 Å². The first kappa shape index (κ1) is 20.3. The lowest BCUT2D eigenvalue weighted by atomic mass is 9.95. The van der Waals surface area contributed by atoms with Crippen molar-refractivity contribution in [1.82, 2.24) is 15.6 Å². The van der Waals surface area contributed by atoms with Crippen molar-refractivity contribution >= 4 is 23.7 Å². The summed E-state index contributed by atoms with van der Waals surface area (Å²) in [6.07, 6.45) is 1.48. The van der Waals surface area contributed by atoms with E-state index in [0.717, 1.165) is 11.1 Å². The third-order valence-electron chi connectivity index (χ3n) is 4.57. The molecule has 7 heteroatoms. The van der Waals surface area contributed by atoms with E-state index in [-0.39, 0.29) is 5.56 Å². The van der Waals surface area contributed by atoms with Crippen LogP contribution in [0, 0.1) is 0 Å². The molecule has 1 amide bonds. The molecular weight excluding hydrogens is 412 g/mol. The van der Waals surface area contributed by atoms with E-state index in [2.05, 4.69) is 20.7 Å². The Morgan fingerprint density at radius 3 is 2.16 bits per heavy atom. The highest BCUT2D eigenvalue weighted by Gasteiger charge is 2.22. The summed E-state index contributed by atoms with van der Waals surface area (Å²) < 4.78 is 0. The molecule has 4 aromatic rings. The predicted molar refractivity (Wildman–Crippen MR) is 122 cm³/mol. The highest BCUT2D eigenvalue weighted by molar-refractivity contribution is 6.30. The molecular formula is C24H17ClN4O2. The summed E-state index contributed by atoms with van der Waals surface area (Å²) >= 11 is 5.88. The van der Waals surface area contributed by atoms with Crippen LogP contribution in [-0.4, -0.2) is 22.3 Å². The molecule has 6 nitrogen and oxygen atoms in total. The minimum atomic E-state index is -0.634. The molecule has 31 heavy (non-hydrogen) atoms. The number of halogens is 1. The Morgan fingerprint density at radius 1 is 0.903 bits per heavy atom. The van der Waals surface area contributed by atoms with Crippen LogP contribution in [-0.2, 0) is 0 Å². The largest absolute Gasteiger partial charge is 0.277 e. The molecule has 0 atom stereocenters. The van der Waals surface area contributed by atoms with Gasteiger partial charge in [0.2, 0.25) is 0 Å². The standard InChI is InChI=1S/C24H17ClN4O2/c25-19-13-11-16(12-14-19)15-26-28-23(30)21-20(17-7-3-1-4-8-17)22(27-29-24(21)31)18-9-5-2-6-10-18/h1-15H,(H,28,30)(H,29,31)/b26-15+. The highest BCUT2D eigenvalue weighted by atomic mass is 35.5. The summed E-state index contributed by atoms with van der Waals surface area (Å²) in [5, 5.41) is 11.3. The molecule has 0 saturated carbocycles. The van der Waals surface area contributed by atoms with Crippen LogP contribution in [0.2, 0.25) is 5.02 Å². The first-order chi connectivity index (χ1) is 15.1. The molecule has 0 fully saturated rings. The number of benzene rings is 3. The summed E-state index contributed by atoms with van der Waals surface area (Å²) in [7, 11) is 0. The Balaban J connectivity index is 1.76. The molecule has 0 saturated heterocycles. The minimum Gasteiger partial charge on any atom is -0.267 e. The monoisotopic (exact) mass is 428 g/mol. The molecule has 0 aliphatic heterocycles. The third kappa shape index (κ3) is 4.60. The van der Waals surface area contributed by atoms with Gasteiger partial charge in [-0.1, -0.05) is 84.4 Å². The molecule has 0 aliphatic carbocycles. The number of hydrogen-bond acceptors (Lipinski definition) is 4. The normalized spacial score (nSPS) is 10.9. The van der Waals surface area contributed by atoms with Crippen molar-refractivity contribution in [1.29, 1.82) is 0 Å². The van der Waals surface area contributed by atoms with Gasteiger partial charge in [-0.3, -0.25) is 9.59 Å². The second kappa shape index (κ2) is 9.19. The van der Waals surface area contributed by atoms with Gasteiger partial charge in [-0.25, -0.2) is 10.5 Å². The van der Waals surface area contributed by atoms with E-state index >= 15 is 0 Å². The van der Waals surface area contributed by atoms with Gasteiger partial charge in [-0.05, 0) is 23.3 Å². The molecule has 1 heterocycles. The maximum Gasteiger partial charge on any atom is 0.277 e. The summed E-state index contributed by atoms with van der Waals surface area (Å²) in [6, 6.07) is 25.5. The number of hydrogen-bond donors (Lipinski definition) is 2. The van der Waals surface area contributed by atoms with E-state index in [1.165, 1.54) is 6.21 Å².